The van der Waals surface area contributed by atoms with Crippen LogP contribution >= 0.6 is 0 Å². The second-order valence-electron chi connectivity index (χ2n) is 2.27. The van der Waals surface area contributed by atoms with Crippen molar-refractivity contribution in [3.05, 3.63) is 0 Å². The minimum atomic E-state index is 0.258. The lowest BCUT2D eigenvalue weighted by Gasteiger charge is -2.19. The fraction of sp³-hybridized carbons (Fsp3) is 1.00. The van der Waals surface area contributed by atoms with Gasteiger partial charge in [-0.05, 0) is 18.8 Å². The molecule has 9 heavy (non-hydrogen) atoms. The van der Waals surface area contributed by atoms with Gasteiger partial charge in [0.05, 0.1) is 13.2 Å². The Morgan fingerprint density at radius 1 is 1.44 bits per heavy atom. The van der Waals surface area contributed by atoms with Gasteiger partial charge in [0, 0.05) is 6.61 Å². The Morgan fingerprint density at radius 2 is 2.33 bits per heavy atom. The monoisotopic (exact) mass is 132 g/mol. The molecule has 1 fully saturated rings. The second kappa shape index (κ2) is 3.82. The predicted molar refractivity (Wildman–Crippen MR) is 31.7 cm³/mol. The van der Waals surface area contributed by atoms with Gasteiger partial charge in [0.1, 0.15) is 0 Å². The smallest absolute Gasteiger partial charge is 0.0852 e. The highest BCUT2D eigenvalue weighted by Gasteiger charge is 2.13. The van der Waals surface area contributed by atoms with Crippen molar-refractivity contribution in [3.8, 4) is 0 Å². The van der Waals surface area contributed by atoms with Gasteiger partial charge in [0.2, 0.25) is 0 Å². The molecule has 0 amide bonds. The first-order valence-electron chi connectivity index (χ1n) is 3.28. The molecule has 3 heteroatoms. The van der Waals surface area contributed by atoms with Gasteiger partial charge in [-0.25, -0.2) is 9.78 Å². The zero-order valence-electron chi connectivity index (χ0n) is 5.38. The van der Waals surface area contributed by atoms with Gasteiger partial charge in [0.15, 0.2) is 0 Å². The van der Waals surface area contributed by atoms with Gasteiger partial charge < -0.3 is 5.11 Å². The van der Waals surface area contributed by atoms with Crippen molar-refractivity contribution >= 4 is 0 Å². The summed E-state index contributed by atoms with van der Waals surface area (Å²) in [6.45, 7) is 1.57. The normalized spacial score (nSPS) is 28.3. The molecule has 0 radical (unpaired) electrons. The second-order valence-corrected chi connectivity index (χ2v) is 2.27. The van der Waals surface area contributed by atoms with Gasteiger partial charge in [0.25, 0.3) is 0 Å². The lowest BCUT2D eigenvalue weighted by atomic mass is 10.0. The third-order valence-electron chi connectivity index (χ3n) is 1.53. The molecule has 1 N–H and O–H groups in total. The molecule has 1 rings (SSSR count). The summed E-state index contributed by atoms with van der Waals surface area (Å²) in [5.74, 6) is 0.503. The first-order valence-corrected chi connectivity index (χ1v) is 3.28. The molecular formula is C6H12O3. The SMILES string of the molecule is OCCC1CCOOC1. The molecule has 1 heterocycles. The molecular weight excluding hydrogens is 120 g/mol. The number of hydrogen-bond donors (Lipinski definition) is 1. The molecule has 54 valence electrons. The van der Waals surface area contributed by atoms with E-state index in [4.69, 9.17) is 9.99 Å². The molecule has 1 aliphatic rings. The summed E-state index contributed by atoms with van der Waals surface area (Å²) in [6.07, 6.45) is 1.85. The highest BCUT2D eigenvalue weighted by molar-refractivity contribution is 4.58. The van der Waals surface area contributed by atoms with E-state index in [9.17, 15) is 0 Å². The summed E-state index contributed by atoms with van der Waals surface area (Å²) >= 11 is 0. The number of aliphatic hydroxyl groups excluding tert-OH is 1. The van der Waals surface area contributed by atoms with E-state index in [0.29, 0.717) is 19.1 Å². The Hall–Kier alpha value is -0.120. The summed E-state index contributed by atoms with van der Waals surface area (Å²) in [5, 5.41) is 8.52. The average molecular weight is 132 g/mol. The highest BCUT2D eigenvalue weighted by atomic mass is 17.2. The molecule has 3 nitrogen and oxygen atoms in total. The van der Waals surface area contributed by atoms with E-state index < -0.39 is 0 Å². The maximum Gasteiger partial charge on any atom is 0.0852 e. The first kappa shape index (κ1) is 6.99. The van der Waals surface area contributed by atoms with Crippen molar-refractivity contribution in [2.24, 2.45) is 5.92 Å². The lowest BCUT2D eigenvalue weighted by molar-refractivity contribution is -0.324. The molecule has 1 unspecified atom stereocenters. The van der Waals surface area contributed by atoms with Crippen molar-refractivity contribution in [1.29, 1.82) is 0 Å². The summed E-state index contributed by atoms with van der Waals surface area (Å²) in [4.78, 5) is 9.39. The third kappa shape index (κ3) is 2.30. The Morgan fingerprint density at radius 3 is 2.89 bits per heavy atom. The van der Waals surface area contributed by atoms with Crippen LogP contribution in [0.3, 0.4) is 0 Å². The maximum atomic E-state index is 8.52. The van der Waals surface area contributed by atoms with Crippen LogP contribution in [0.25, 0.3) is 0 Å². The van der Waals surface area contributed by atoms with Crippen molar-refractivity contribution in [1.82, 2.24) is 0 Å². The van der Waals surface area contributed by atoms with Crippen LogP contribution in [0.5, 0.6) is 0 Å². The van der Waals surface area contributed by atoms with Crippen LogP contribution in [0.4, 0.5) is 0 Å². The predicted octanol–water partition coefficient (Wildman–Crippen LogP) is 0.337. The molecule has 1 aliphatic heterocycles. The zero-order valence-corrected chi connectivity index (χ0v) is 5.38. The Labute approximate surface area is 54.5 Å². The van der Waals surface area contributed by atoms with Crippen LogP contribution in [0.15, 0.2) is 0 Å². The van der Waals surface area contributed by atoms with Crippen molar-refractivity contribution in [2.75, 3.05) is 19.8 Å². The van der Waals surface area contributed by atoms with E-state index in [0.717, 1.165) is 12.8 Å². The van der Waals surface area contributed by atoms with Crippen LogP contribution in [0.1, 0.15) is 12.8 Å². The molecule has 1 atom stereocenters. The van der Waals surface area contributed by atoms with Gasteiger partial charge >= 0.3 is 0 Å². The van der Waals surface area contributed by atoms with E-state index in [2.05, 4.69) is 4.89 Å². The minimum Gasteiger partial charge on any atom is -0.396 e. The average Bonchev–Trinajstić information content (AvgIpc) is 1.91. The van der Waals surface area contributed by atoms with Crippen molar-refractivity contribution in [3.63, 3.8) is 0 Å². The summed E-state index contributed by atoms with van der Waals surface area (Å²) in [7, 11) is 0. The molecule has 0 aromatic carbocycles. The molecule has 0 spiro atoms. The van der Waals surface area contributed by atoms with Crippen LogP contribution in [-0.4, -0.2) is 24.9 Å². The summed E-state index contributed by atoms with van der Waals surface area (Å²) in [6, 6.07) is 0. The summed E-state index contributed by atoms with van der Waals surface area (Å²) < 4.78 is 0. The van der Waals surface area contributed by atoms with Crippen LogP contribution < -0.4 is 0 Å². The van der Waals surface area contributed by atoms with E-state index >= 15 is 0 Å². The highest BCUT2D eigenvalue weighted by Crippen LogP contribution is 2.13. The fourth-order valence-electron chi connectivity index (χ4n) is 0.912. The van der Waals surface area contributed by atoms with E-state index in [-0.39, 0.29) is 6.61 Å². The summed E-state index contributed by atoms with van der Waals surface area (Å²) in [5.41, 5.74) is 0. The molecule has 0 bridgehead atoms. The van der Waals surface area contributed by atoms with E-state index in [1.807, 2.05) is 0 Å². The van der Waals surface area contributed by atoms with E-state index in [1.54, 1.807) is 0 Å². The Balaban J connectivity index is 2.08. The Bertz CT molecular complexity index is 65.9. The number of aliphatic hydroxyl groups is 1. The third-order valence-corrected chi connectivity index (χ3v) is 1.53. The lowest BCUT2D eigenvalue weighted by Crippen LogP contribution is -2.19. The van der Waals surface area contributed by atoms with Gasteiger partial charge in [-0.3, -0.25) is 0 Å². The van der Waals surface area contributed by atoms with Crippen LogP contribution in [-0.2, 0) is 9.78 Å². The van der Waals surface area contributed by atoms with Gasteiger partial charge in [-0.2, -0.15) is 0 Å². The van der Waals surface area contributed by atoms with Crippen molar-refractivity contribution < 1.29 is 14.9 Å². The molecule has 0 aromatic heterocycles. The van der Waals surface area contributed by atoms with Crippen LogP contribution in [0.2, 0.25) is 0 Å². The van der Waals surface area contributed by atoms with Gasteiger partial charge in [-0.1, -0.05) is 0 Å². The number of hydrogen-bond acceptors (Lipinski definition) is 3. The standard InChI is InChI=1S/C6H12O3/c7-3-1-6-2-4-8-9-5-6/h6-7H,1-5H2. The zero-order chi connectivity index (χ0) is 6.53. The van der Waals surface area contributed by atoms with Crippen LogP contribution in [0, 0.1) is 5.92 Å². The molecule has 0 saturated carbocycles. The van der Waals surface area contributed by atoms with Gasteiger partial charge in [-0.15, -0.1) is 0 Å². The first-order chi connectivity index (χ1) is 4.43. The van der Waals surface area contributed by atoms with E-state index in [1.165, 1.54) is 0 Å². The maximum absolute atomic E-state index is 8.52. The quantitative estimate of drug-likeness (QED) is 0.550. The minimum absolute atomic E-state index is 0.258. The Kier molecular flexibility index (Phi) is 2.97. The molecule has 0 aliphatic carbocycles. The van der Waals surface area contributed by atoms with Crippen molar-refractivity contribution in [2.45, 2.75) is 12.8 Å². The fourth-order valence-corrected chi connectivity index (χ4v) is 0.912. The topological polar surface area (TPSA) is 38.7 Å². The number of rotatable bonds is 2. The molecule has 0 aromatic rings. The molecule has 1 saturated heterocycles. The largest absolute Gasteiger partial charge is 0.396 e.